The lowest BCUT2D eigenvalue weighted by Crippen LogP contribution is -2.49. The molecule has 1 amide bonds. The van der Waals surface area contributed by atoms with Crippen LogP contribution in [0.2, 0.25) is 0 Å². The van der Waals surface area contributed by atoms with Crippen molar-refractivity contribution in [1.82, 2.24) is 15.1 Å². The quantitative estimate of drug-likeness (QED) is 0.822. The van der Waals surface area contributed by atoms with Gasteiger partial charge in [0, 0.05) is 13.2 Å². The number of aromatic nitrogens is 2. The van der Waals surface area contributed by atoms with E-state index in [0.29, 0.717) is 17.7 Å². The molecule has 0 aromatic carbocycles. The van der Waals surface area contributed by atoms with E-state index < -0.39 is 17.4 Å². The zero-order valence-electron chi connectivity index (χ0n) is 11.8. The first-order chi connectivity index (χ1) is 9.38. The fourth-order valence-electron chi connectivity index (χ4n) is 2.31. The first-order valence-corrected chi connectivity index (χ1v) is 6.53. The van der Waals surface area contributed by atoms with Gasteiger partial charge in [-0.15, -0.1) is 0 Å². The molecule has 1 aromatic rings. The van der Waals surface area contributed by atoms with Gasteiger partial charge in [0.1, 0.15) is 5.41 Å². The van der Waals surface area contributed by atoms with E-state index >= 15 is 0 Å². The molecule has 2 unspecified atom stereocenters. The molecule has 1 fully saturated rings. The number of nitrogens with zero attached hydrogens (tertiary/aromatic N) is 2. The number of carboxylic acid groups (broad SMARTS) is 1. The van der Waals surface area contributed by atoms with Crippen LogP contribution in [-0.4, -0.2) is 46.0 Å². The molecule has 0 aliphatic carbocycles. The molecule has 7 nitrogen and oxygen atoms in total. The van der Waals surface area contributed by atoms with Crippen molar-refractivity contribution in [2.45, 2.75) is 26.3 Å². The number of ether oxygens (including phenoxy) is 1. The molecule has 2 atom stereocenters. The summed E-state index contributed by atoms with van der Waals surface area (Å²) in [7, 11) is 1.75. The van der Waals surface area contributed by atoms with Gasteiger partial charge < -0.3 is 15.2 Å². The summed E-state index contributed by atoms with van der Waals surface area (Å²) >= 11 is 0. The van der Waals surface area contributed by atoms with Crippen LogP contribution in [0.15, 0.2) is 6.20 Å². The van der Waals surface area contributed by atoms with Gasteiger partial charge in [0.05, 0.1) is 30.5 Å². The van der Waals surface area contributed by atoms with E-state index in [0.717, 1.165) is 0 Å². The Hall–Kier alpha value is -1.89. The number of aliphatic carboxylic acids is 1. The minimum Gasteiger partial charge on any atom is -0.481 e. The maximum absolute atomic E-state index is 12.3. The molecule has 1 aromatic heterocycles. The molecule has 110 valence electrons. The summed E-state index contributed by atoms with van der Waals surface area (Å²) < 4.78 is 6.79. The molecule has 1 aliphatic rings. The summed E-state index contributed by atoms with van der Waals surface area (Å²) in [5.74, 6) is -1.28. The number of nitrogens with one attached hydrogen (secondary N) is 1. The van der Waals surface area contributed by atoms with Crippen LogP contribution in [0.3, 0.4) is 0 Å². The van der Waals surface area contributed by atoms with Gasteiger partial charge in [0.2, 0.25) is 0 Å². The molecule has 0 bridgehead atoms. The van der Waals surface area contributed by atoms with E-state index in [9.17, 15) is 14.7 Å². The number of hydrogen-bond acceptors (Lipinski definition) is 4. The van der Waals surface area contributed by atoms with Crippen LogP contribution < -0.4 is 5.32 Å². The number of amides is 1. The number of carbonyl (C=O) groups is 2. The van der Waals surface area contributed by atoms with Crippen molar-refractivity contribution in [3.05, 3.63) is 17.5 Å². The van der Waals surface area contributed by atoms with Gasteiger partial charge in [-0.25, -0.2) is 0 Å². The first-order valence-electron chi connectivity index (χ1n) is 6.53. The number of hydrogen-bond donors (Lipinski definition) is 2. The smallest absolute Gasteiger partial charge is 0.313 e. The Morgan fingerprint density at radius 3 is 2.95 bits per heavy atom. The van der Waals surface area contributed by atoms with Crippen LogP contribution >= 0.6 is 0 Å². The highest BCUT2D eigenvalue weighted by Gasteiger charge is 2.47. The highest BCUT2D eigenvalue weighted by atomic mass is 16.5. The summed E-state index contributed by atoms with van der Waals surface area (Å²) in [6, 6.07) is -0.544. The Kier molecular flexibility index (Phi) is 3.80. The molecule has 2 N–H and O–H groups in total. The van der Waals surface area contributed by atoms with Crippen LogP contribution in [0.1, 0.15) is 29.9 Å². The van der Waals surface area contributed by atoms with Gasteiger partial charge in [-0.05, 0) is 13.3 Å². The van der Waals surface area contributed by atoms with Crippen LogP contribution in [0, 0.1) is 5.41 Å². The number of aryl methyl sites for hydroxylation is 2. The molecular weight excluding hydrogens is 262 g/mol. The van der Waals surface area contributed by atoms with Gasteiger partial charge in [-0.2, -0.15) is 5.10 Å². The fourth-order valence-corrected chi connectivity index (χ4v) is 2.31. The highest BCUT2D eigenvalue weighted by molar-refractivity contribution is 5.95. The van der Waals surface area contributed by atoms with E-state index in [-0.39, 0.29) is 19.1 Å². The maximum atomic E-state index is 12.3. The molecular formula is C13H19N3O4. The van der Waals surface area contributed by atoms with Crippen LogP contribution in [0.25, 0.3) is 0 Å². The molecule has 2 heterocycles. The fraction of sp³-hybridized carbons (Fsp3) is 0.615. The van der Waals surface area contributed by atoms with Crippen LogP contribution in [0.4, 0.5) is 0 Å². The average molecular weight is 281 g/mol. The second kappa shape index (κ2) is 5.24. The minimum absolute atomic E-state index is 0.0982. The molecule has 1 saturated heterocycles. The van der Waals surface area contributed by atoms with Crippen molar-refractivity contribution < 1.29 is 19.4 Å². The van der Waals surface area contributed by atoms with Crippen molar-refractivity contribution in [2.75, 3.05) is 13.2 Å². The summed E-state index contributed by atoms with van der Waals surface area (Å²) in [6.45, 7) is 3.80. The van der Waals surface area contributed by atoms with Gasteiger partial charge in [0.15, 0.2) is 0 Å². The second-order valence-corrected chi connectivity index (χ2v) is 5.28. The first kappa shape index (κ1) is 14.5. The summed E-state index contributed by atoms with van der Waals surface area (Å²) in [5, 5.41) is 16.2. The third-order valence-electron chi connectivity index (χ3n) is 3.73. The molecule has 0 saturated carbocycles. The Bertz CT molecular complexity index is 540. The molecule has 0 radical (unpaired) electrons. The standard InChI is InChI=1S/C13H19N3O4/c1-4-9-8(5-16(3)15-9)11(17)14-10-6-20-7-13(10,2)12(18)19/h5,10H,4,6-7H2,1-3H3,(H,14,17)(H,18,19). The lowest BCUT2D eigenvalue weighted by atomic mass is 9.85. The van der Waals surface area contributed by atoms with E-state index in [1.54, 1.807) is 24.9 Å². The summed E-state index contributed by atoms with van der Waals surface area (Å²) in [4.78, 5) is 23.6. The second-order valence-electron chi connectivity index (χ2n) is 5.28. The lowest BCUT2D eigenvalue weighted by molar-refractivity contribution is -0.148. The Morgan fingerprint density at radius 1 is 1.65 bits per heavy atom. The largest absolute Gasteiger partial charge is 0.481 e. The van der Waals surface area contributed by atoms with Crippen molar-refractivity contribution in [1.29, 1.82) is 0 Å². The van der Waals surface area contributed by atoms with E-state index in [2.05, 4.69) is 10.4 Å². The Balaban J connectivity index is 2.17. The zero-order valence-corrected chi connectivity index (χ0v) is 11.8. The van der Waals surface area contributed by atoms with Crippen LogP contribution in [0.5, 0.6) is 0 Å². The van der Waals surface area contributed by atoms with Gasteiger partial charge in [-0.1, -0.05) is 6.92 Å². The third kappa shape index (κ3) is 2.40. The summed E-state index contributed by atoms with van der Waals surface area (Å²) in [6.07, 6.45) is 2.28. The SMILES string of the molecule is CCc1nn(C)cc1C(=O)NC1COCC1(C)C(=O)O. The van der Waals surface area contributed by atoms with E-state index in [1.165, 1.54) is 0 Å². The predicted molar refractivity (Wildman–Crippen MR) is 70.4 cm³/mol. The van der Waals surface area contributed by atoms with Gasteiger partial charge in [0.25, 0.3) is 5.91 Å². The lowest BCUT2D eigenvalue weighted by Gasteiger charge is -2.25. The number of rotatable bonds is 4. The average Bonchev–Trinajstić information content (AvgIpc) is 2.94. The van der Waals surface area contributed by atoms with Crippen LogP contribution in [-0.2, 0) is 23.0 Å². The monoisotopic (exact) mass is 281 g/mol. The topological polar surface area (TPSA) is 93.5 Å². The Labute approximate surface area is 116 Å². The predicted octanol–water partition coefficient (Wildman–Crippen LogP) is 0.202. The molecule has 7 heteroatoms. The number of carboxylic acids is 1. The highest BCUT2D eigenvalue weighted by Crippen LogP contribution is 2.29. The Morgan fingerprint density at radius 2 is 2.35 bits per heavy atom. The minimum atomic E-state index is -1.09. The van der Waals surface area contributed by atoms with Gasteiger partial charge in [-0.3, -0.25) is 14.3 Å². The normalized spacial score (nSPS) is 25.6. The van der Waals surface area contributed by atoms with Gasteiger partial charge >= 0.3 is 5.97 Å². The molecule has 2 rings (SSSR count). The van der Waals surface area contributed by atoms with Crippen molar-refractivity contribution >= 4 is 11.9 Å². The van der Waals surface area contributed by atoms with Crippen molar-refractivity contribution in [3.8, 4) is 0 Å². The molecule has 20 heavy (non-hydrogen) atoms. The molecule has 1 aliphatic heterocycles. The van der Waals surface area contributed by atoms with E-state index in [4.69, 9.17) is 4.74 Å². The van der Waals surface area contributed by atoms with Crippen molar-refractivity contribution in [3.63, 3.8) is 0 Å². The zero-order chi connectivity index (χ0) is 14.9. The third-order valence-corrected chi connectivity index (χ3v) is 3.73. The molecule has 0 spiro atoms. The summed E-state index contributed by atoms with van der Waals surface area (Å²) in [5.41, 5.74) is 0.0835. The maximum Gasteiger partial charge on any atom is 0.313 e. The van der Waals surface area contributed by atoms with Crippen molar-refractivity contribution in [2.24, 2.45) is 12.5 Å². The van der Waals surface area contributed by atoms with E-state index in [1.807, 2.05) is 6.92 Å². The number of carbonyl (C=O) groups excluding carboxylic acids is 1.